The van der Waals surface area contributed by atoms with Crippen LogP contribution in [0.1, 0.15) is 41.4 Å². The maximum absolute atomic E-state index is 12.9. The van der Waals surface area contributed by atoms with Gasteiger partial charge in [-0.15, -0.1) is 0 Å². The molecule has 2 amide bonds. The molecule has 0 unspecified atom stereocenters. The van der Waals surface area contributed by atoms with Crippen LogP contribution < -0.4 is 21.3 Å². The van der Waals surface area contributed by atoms with E-state index < -0.39 is 34.9 Å². The summed E-state index contributed by atoms with van der Waals surface area (Å²) in [4.78, 5) is 49.4. The quantitative estimate of drug-likeness (QED) is 0.296. The standard InChI is InChI=1S/C24H22N4O6/c1-25-13-3-7-15(8-4-13)27-21(29)17-11-18(20(24(33)34)12-19(17)23(31)32)22(30)28-16-9-5-14(26-2)6-10-16/h3-12,25-26H,1-2H3,(H,27,29)(H,28,30)(H,31,32)(H,33,34). The SMILES string of the molecule is CNc1ccc(NC(=O)c2cc(C(=O)Nc3ccc(NC)cc3)c(C(=O)O)cc2C(=O)O)cc1. The monoisotopic (exact) mass is 462 g/mol. The molecule has 0 spiro atoms. The number of aromatic carboxylic acids is 2. The Hall–Kier alpha value is -4.86. The lowest BCUT2D eigenvalue weighted by atomic mass is 9.96. The smallest absolute Gasteiger partial charge is 0.336 e. The van der Waals surface area contributed by atoms with Crippen LogP contribution >= 0.6 is 0 Å². The van der Waals surface area contributed by atoms with E-state index in [1.165, 1.54) is 0 Å². The average Bonchev–Trinajstić information content (AvgIpc) is 2.83. The van der Waals surface area contributed by atoms with Gasteiger partial charge in [0.25, 0.3) is 11.8 Å². The van der Waals surface area contributed by atoms with Crippen molar-refractivity contribution in [2.45, 2.75) is 0 Å². The lowest BCUT2D eigenvalue weighted by Crippen LogP contribution is -2.22. The molecule has 0 aliphatic heterocycles. The second kappa shape index (κ2) is 10.2. The third-order valence-corrected chi connectivity index (χ3v) is 4.97. The highest BCUT2D eigenvalue weighted by Crippen LogP contribution is 2.22. The molecule has 0 fully saturated rings. The number of carbonyl (C=O) groups is 4. The summed E-state index contributed by atoms with van der Waals surface area (Å²) in [5.41, 5.74) is 0.579. The highest BCUT2D eigenvalue weighted by atomic mass is 16.4. The zero-order valence-electron chi connectivity index (χ0n) is 18.3. The molecule has 6 N–H and O–H groups in total. The van der Waals surface area contributed by atoms with Gasteiger partial charge in [-0.2, -0.15) is 0 Å². The summed E-state index contributed by atoms with van der Waals surface area (Å²) in [7, 11) is 3.47. The van der Waals surface area contributed by atoms with E-state index >= 15 is 0 Å². The van der Waals surface area contributed by atoms with E-state index in [9.17, 15) is 29.4 Å². The lowest BCUT2D eigenvalue weighted by Gasteiger charge is -2.13. The summed E-state index contributed by atoms with van der Waals surface area (Å²) >= 11 is 0. The van der Waals surface area contributed by atoms with Crippen LogP contribution in [-0.2, 0) is 0 Å². The molecule has 34 heavy (non-hydrogen) atoms. The first-order valence-electron chi connectivity index (χ1n) is 10.1. The number of anilines is 4. The minimum absolute atomic E-state index is 0.356. The first kappa shape index (κ1) is 23.8. The molecule has 0 radical (unpaired) electrons. The fraction of sp³-hybridized carbons (Fsp3) is 0.0833. The fourth-order valence-corrected chi connectivity index (χ4v) is 3.17. The zero-order chi connectivity index (χ0) is 24.8. The van der Waals surface area contributed by atoms with Crippen molar-refractivity contribution in [3.63, 3.8) is 0 Å². The molecule has 10 heteroatoms. The van der Waals surface area contributed by atoms with Crippen LogP contribution in [-0.4, -0.2) is 48.1 Å². The molecule has 3 aromatic carbocycles. The van der Waals surface area contributed by atoms with E-state index in [0.717, 1.165) is 23.5 Å². The molecular formula is C24H22N4O6. The van der Waals surface area contributed by atoms with Gasteiger partial charge in [0.2, 0.25) is 0 Å². The summed E-state index contributed by atoms with van der Waals surface area (Å²) in [5.74, 6) is -4.63. The van der Waals surface area contributed by atoms with Gasteiger partial charge in [0.05, 0.1) is 22.3 Å². The maximum Gasteiger partial charge on any atom is 0.336 e. The lowest BCUT2D eigenvalue weighted by molar-refractivity contribution is 0.0690. The Balaban J connectivity index is 1.99. The van der Waals surface area contributed by atoms with Crippen molar-refractivity contribution >= 4 is 46.5 Å². The van der Waals surface area contributed by atoms with E-state index in [1.807, 2.05) is 0 Å². The minimum Gasteiger partial charge on any atom is -0.478 e. The van der Waals surface area contributed by atoms with Gasteiger partial charge in [0.1, 0.15) is 0 Å². The average molecular weight is 462 g/mol. The summed E-state index contributed by atoms with van der Waals surface area (Å²) in [6.07, 6.45) is 0. The summed E-state index contributed by atoms with van der Waals surface area (Å²) in [5, 5.41) is 30.2. The molecule has 3 rings (SSSR count). The van der Waals surface area contributed by atoms with Gasteiger partial charge in [0.15, 0.2) is 0 Å². The van der Waals surface area contributed by atoms with Gasteiger partial charge in [0, 0.05) is 36.8 Å². The Morgan fingerprint density at radius 3 is 1.12 bits per heavy atom. The number of benzene rings is 3. The van der Waals surface area contributed by atoms with E-state index in [1.54, 1.807) is 62.6 Å². The number of nitrogens with one attached hydrogen (secondary N) is 4. The third kappa shape index (κ3) is 5.30. The highest BCUT2D eigenvalue weighted by Gasteiger charge is 2.26. The fourth-order valence-electron chi connectivity index (χ4n) is 3.17. The number of carbonyl (C=O) groups excluding carboxylic acids is 2. The van der Waals surface area contributed by atoms with Crippen LogP contribution in [0.5, 0.6) is 0 Å². The van der Waals surface area contributed by atoms with Crippen molar-refractivity contribution in [3.05, 3.63) is 82.9 Å². The van der Waals surface area contributed by atoms with Crippen molar-refractivity contribution < 1.29 is 29.4 Å². The summed E-state index contributed by atoms with van der Waals surface area (Å²) < 4.78 is 0. The topological polar surface area (TPSA) is 157 Å². The second-order valence-corrected chi connectivity index (χ2v) is 7.12. The molecule has 0 bridgehead atoms. The predicted octanol–water partition coefficient (Wildman–Crippen LogP) is 3.67. The third-order valence-electron chi connectivity index (χ3n) is 4.97. The molecule has 10 nitrogen and oxygen atoms in total. The van der Waals surface area contributed by atoms with Crippen molar-refractivity contribution in [3.8, 4) is 0 Å². The molecule has 0 aliphatic carbocycles. The number of hydrogen-bond acceptors (Lipinski definition) is 6. The largest absolute Gasteiger partial charge is 0.478 e. The van der Waals surface area contributed by atoms with Crippen LogP contribution in [0.2, 0.25) is 0 Å². The molecule has 0 heterocycles. The highest BCUT2D eigenvalue weighted by molar-refractivity contribution is 6.16. The van der Waals surface area contributed by atoms with Crippen LogP contribution in [0.25, 0.3) is 0 Å². The summed E-state index contributed by atoms with van der Waals surface area (Å²) in [6, 6.07) is 15.1. The van der Waals surface area contributed by atoms with E-state index in [0.29, 0.717) is 11.4 Å². The van der Waals surface area contributed by atoms with E-state index in [4.69, 9.17) is 0 Å². The van der Waals surface area contributed by atoms with E-state index in [2.05, 4.69) is 21.3 Å². The Morgan fingerprint density at radius 2 is 0.824 bits per heavy atom. The van der Waals surface area contributed by atoms with Crippen LogP contribution in [0, 0.1) is 0 Å². The van der Waals surface area contributed by atoms with Crippen LogP contribution in [0.3, 0.4) is 0 Å². The number of carboxylic acids is 2. The number of hydrogen-bond donors (Lipinski definition) is 6. The van der Waals surface area contributed by atoms with Crippen molar-refractivity contribution in [2.24, 2.45) is 0 Å². The molecule has 0 saturated heterocycles. The van der Waals surface area contributed by atoms with Gasteiger partial charge >= 0.3 is 11.9 Å². The van der Waals surface area contributed by atoms with E-state index in [-0.39, 0.29) is 11.1 Å². The molecule has 0 saturated carbocycles. The normalized spacial score (nSPS) is 10.2. The number of rotatable bonds is 8. The van der Waals surface area contributed by atoms with Gasteiger partial charge in [-0.1, -0.05) is 0 Å². The summed E-state index contributed by atoms with van der Waals surface area (Å²) in [6.45, 7) is 0. The zero-order valence-corrected chi connectivity index (χ0v) is 18.3. The van der Waals surface area contributed by atoms with Gasteiger partial charge in [-0.3, -0.25) is 9.59 Å². The van der Waals surface area contributed by atoms with Crippen molar-refractivity contribution in [2.75, 3.05) is 35.4 Å². The molecule has 0 atom stereocenters. The Bertz CT molecular complexity index is 1160. The predicted molar refractivity (Wildman–Crippen MR) is 128 cm³/mol. The van der Waals surface area contributed by atoms with Crippen molar-refractivity contribution in [1.29, 1.82) is 0 Å². The maximum atomic E-state index is 12.9. The Kier molecular flexibility index (Phi) is 7.12. The molecule has 0 aliphatic rings. The minimum atomic E-state index is -1.51. The van der Waals surface area contributed by atoms with Crippen LogP contribution in [0.4, 0.5) is 22.7 Å². The van der Waals surface area contributed by atoms with Crippen LogP contribution in [0.15, 0.2) is 60.7 Å². The van der Waals surface area contributed by atoms with Gasteiger partial charge < -0.3 is 31.5 Å². The second-order valence-electron chi connectivity index (χ2n) is 7.12. The molecule has 174 valence electrons. The first-order valence-corrected chi connectivity index (χ1v) is 10.1. The molecular weight excluding hydrogens is 440 g/mol. The number of amides is 2. The number of carboxylic acid groups (broad SMARTS) is 2. The Labute approximate surface area is 194 Å². The van der Waals surface area contributed by atoms with Crippen molar-refractivity contribution in [1.82, 2.24) is 0 Å². The van der Waals surface area contributed by atoms with Gasteiger partial charge in [-0.25, -0.2) is 9.59 Å². The molecule has 0 aromatic heterocycles. The first-order chi connectivity index (χ1) is 16.2. The molecule has 3 aromatic rings. The Morgan fingerprint density at radius 1 is 0.529 bits per heavy atom. The van der Waals surface area contributed by atoms with Gasteiger partial charge in [-0.05, 0) is 60.7 Å².